The lowest BCUT2D eigenvalue weighted by Crippen LogP contribution is -1.79. The van der Waals surface area contributed by atoms with Crippen LogP contribution < -0.4 is 0 Å². The second-order valence-corrected chi connectivity index (χ2v) is 5.80. The first-order valence-electron chi connectivity index (χ1n) is 5.74. The van der Waals surface area contributed by atoms with Crippen molar-refractivity contribution < 1.29 is 4.39 Å². The molecule has 0 aliphatic heterocycles. The van der Waals surface area contributed by atoms with Gasteiger partial charge in [0.1, 0.15) is 10.8 Å². The molecule has 0 atom stereocenters. The van der Waals surface area contributed by atoms with Gasteiger partial charge in [0.2, 0.25) is 0 Å². The molecule has 0 saturated heterocycles. The average Bonchev–Trinajstić information content (AvgIpc) is 3.09. The van der Waals surface area contributed by atoms with Crippen molar-refractivity contribution in [3.8, 4) is 11.3 Å². The molecule has 2 aromatic heterocycles. The Morgan fingerprint density at radius 3 is 2.58 bits per heavy atom. The van der Waals surface area contributed by atoms with E-state index in [0.29, 0.717) is 0 Å². The highest BCUT2D eigenvalue weighted by atomic mass is 32.1. The second-order valence-electron chi connectivity index (χ2n) is 3.93. The first kappa shape index (κ1) is 12.3. The lowest BCUT2D eigenvalue weighted by Gasteiger charge is -1.94. The second kappa shape index (κ2) is 5.47. The van der Waals surface area contributed by atoms with Crippen molar-refractivity contribution in [2.75, 3.05) is 0 Å². The summed E-state index contributed by atoms with van der Waals surface area (Å²) in [7, 11) is 0. The van der Waals surface area contributed by atoms with E-state index in [0.717, 1.165) is 16.3 Å². The fourth-order valence-corrected chi connectivity index (χ4v) is 2.99. The number of hydrogen-bond donors (Lipinski definition) is 0. The van der Waals surface area contributed by atoms with Crippen molar-refractivity contribution in [2.24, 2.45) is 0 Å². The van der Waals surface area contributed by atoms with Gasteiger partial charge in [-0.25, -0.2) is 9.37 Å². The molecular weight excluding hydrogens is 277 g/mol. The summed E-state index contributed by atoms with van der Waals surface area (Å²) < 4.78 is 12.9. The number of benzene rings is 1. The first-order chi connectivity index (χ1) is 9.31. The minimum Gasteiger partial charge on any atom is -0.237 e. The zero-order valence-corrected chi connectivity index (χ0v) is 11.5. The number of halogens is 1. The molecule has 0 bridgehead atoms. The van der Waals surface area contributed by atoms with Crippen LogP contribution in [0.3, 0.4) is 0 Å². The highest BCUT2D eigenvalue weighted by Crippen LogP contribution is 2.23. The molecule has 19 heavy (non-hydrogen) atoms. The van der Waals surface area contributed by atoms with Crippen molar-refractivity contribution in [3.63, 3.8) is 0 Å². The number of hydrogen-bond acceptors (Lipinski definition) is 3. The molecule has 94 valence electrons. The predicted octanol–water partition coefficient (Wildman–Crippen LogP) is 5.18. The SMILES string of the molecule is Fc1ccc(-c2csc(C=Cc3cccs3)n2)cc1. The van der Waals surface area contributed by atoms with Gasteiger partial charge >= 0.3 is 0 Å². The van der Waals surface area contributed by atoms with E-state index < -0.39 is 0 Å². The van der Waals surface area contributed by atoms with Crippen molar-refractivity contribution in [1.29, 1.82) is 0 Å². The summed E-state index contributed by atoms with van der Waals surface area (Å²) in [6.07, 6.45) is 4.06. The van der Waals surface area contributed by atoms with Crippen LogP contribution in [-0.4, -0.2) is 4.98 Å². The normalized spacial score (nSPS) is 11.2. The summed E-state index contributed by atoms with van der Waals surface area (Å²) in [5.74, 6) is -0.225. The molecule has 0 spiro atoms. The van der Waals surface area contributed by atoms with E-state index in [1.807, 2.05) is 22.9 Å². The highest BCUT2D eigenvalue weighted by molar-refractivity contribution is 7.11. The van der Waals surface area contributed by atoms with Crippen LogP contribution in [0.1, 0.15) is 9.88 Å². The highest BCUT2D eigenvalue weighted by Gasteiger charge is 2.02. The molecule has 4 heteroatoms. The van der Waals surface area contributed by atoms with Crippen LogP contribution in [0.15, 0.2) is 47.2 Å². The zero-order valence-electron chi connectivity index (χ0n) is 9.92. The van der Waals surface area contributed by atoms with Gasteiger partial charge in [-0.2, -0.15) is 0 Å². The van der Waals surface area contributed by atoms with Crippen LogP contribution in [0.2, 0.25) is 0 Å². The lowest BCUT2D eigenvalue weighted by molar-refractivity contribution is 0.628. The van der Waals surface area contributed by atoms with Gasteiger partial charge in [0.15, 0.2) is 0 Å². The van der Waals surface area contributed by atoms with E-state index in [1.54, 1.807) is 34.8 Å². The lowest BCUT2D eigenvalue weighted by atomic mass is 10.2. The third kappa shape index (κ3) is 2.97. The van der Waals surface area contributed by atoms with Gasteiger partial charge in [-0.05, 0) is 47.9 Å². The van der Waals surface area contributed by atoms with E-state index in [-0.39, 0.29) is 5.82 Å². The molecular formula is C15H10FNS2. The molecule has 0 unspecified atom stereocenters. The van der Waals surface area contributed by atoms with Gasteiger partial charge < -0.3 is 0 Å². The summed E-state index contributed by atoms with van der Waals surface area (Å²) in [5, 5.41) is 4.99. The van der Waals surface area contributed by atoms with Crippen LogP contribution in [0.25, 0.3) is 23.4 Å². The zero-order chi connectivity index (χ0) is 13.1. The molecule has 0 fully saturated rings. The van der Waals surface area contributed by atoms with E-state index in [4.69, 9.17) is 0 Å². The van der Waals surface area contributed by atoms with Crippen LogP contribution in [0, 0.1) is 5.82 Å². The first-order valence-corrected chi connectivity index (χ1v) is 7.50. The third-order valence-corrected chi connectivity index (χ3v) is 4.24. The Bertz CT molecular complexity index is 681. The third-order valence-electron chi connectivity index (χ3n) is 2.60. The Hall–Kier alpha value is -1.78. The number of nitrogens with zero attached hydrogens (tertiary/aromatic N) is 1. The van der Waals surface area contributed by atoms with Gasteiger partial charge in [-0.15, -0.1) is 22.7 Å². The summed E-state index contributed by atoms with van der Waals surface area (Å²) in [5.41, 5.74) is 1.82. The molecule has 3 aromatic rings. The fraction of sp³-hybridized carbons (Fsp3) is 0. The van der Waals surface area contributed by atoms with Crippen molar-refractivity contribution in [1.82, 2.24) is 4.98 Å². The smallest absolute Gasteiger partial charge is 0.123 e. The van der Waals surface area contributed by atoms with Crippen molar-refractivity contribution >= 4 is 34.8 Å². The van der Waals surface area contributed by atoms with Crippen LogP contribution in [0.4, 0.5) is 4.39 Å². The molecule has 0 radical (unpaired) electrons. The summed E-state index contributed by atoms with van der Waals surface area (Å²) in [6.45, 7) is 0. The maximum atomic E-state index is 12.9. The Labute approximate surface area is 118 Å². The Kier molecular flexibility index (Phi) is 3.53. The number of aromatic nitrogens is 1. The summed E-state index contributed by atoms with van der Waals surface area (Å²) in [4.78, 5) is 5.73. The summed E-state index contributed by atoms with van der Waals surface area (Å²) >= 11 is 3.28. The number of rotatable bonds is 3. The van der Waals surface area contributed by atoms with Gasteiger partial charge in [0.25, 0.3) is 0 Å². The summed E-state index contributed by atoms with van der Waals surface area (Å²) in [6, 6.07) is 10.5. The van der Waals surface area contributed by atoms with E-state index >= 15 is 0 Å². The monoisotopic (exact) mass is 287 g/mol. The van der Waals surface area contributed by atoms with Crippen molar-refractivity contribution in [3.05, 3.63) is 62.9 Å². The topological polar surface area (TPSA) is 12.9 Å². The van der Waals surface area contributed by atoms with Gasteiger partial charge in [-0.1, -0.05) is 6.07 Å². The van der Waals surface area contributed by atoms with Gasteiger partial charge in [-0.3, -0.25) is 0 Å². The standard InChI is InChI=1S/C15H10FNS2/c16-12-5-3-11(4-6-12)14-10-19-15(17-14)8-7-13-2-1-9-18-13/h1-10H. The molecule has 1 aromatic carbocycles. The van der Waals surface area contributed by atoms with Crippen LogP contribution >= 0.6 is 22.7 Å². The molecule has 2 heterocycles. The molecule has 0 saturated carbocycles. The van der Waals surface area contributed by atoms with E-state index in [2.05, 4.69) is 17.1 Å². The van der Waals surface area contributed by atoms with Crippen LogP contribution in [-0.2, 0) is 0 Å². The minimum absolute atomic E-state index is 0.225. The Balaban J connectivity index is 1.81. The quantitative estimate of drug-likeness (QED) is 0.646. The minimum atomic E-state index is -0.225. The van der Waals surface area contributed by atoms with Crippen molar-refractivity contribution in [2.45, 2.75) is 0 Å². The van der Waals surface area contributed by atoms with E-state index in [9.17, 15) is 4.39 Å². The maximum absolute atomic E-state index is 12.9. The molecule has 3 rings (SSSR count). The van der Waals surface area contributed by atoms with Gasteiger partial charge in [0.05, 0.1) is 5.69 Å². The number of thiazole rings is 1. The number of thiophene rings is 1. The Morgan fingerprint density at radius 2 is 1.84 bits per heavy atom. The maximum Gasteiger partial charge on any atom is 0.123 e. The average molecular weight is 287 g/mol. The molecule has 1 nitrogen and oxygen atoms in total. The fourth-order valence-electron chi connectivity index (χ4n) is 1.66. The molecule has 0 aliphatic carbocycles. The van der Waals surface area contributed by atoms with E-state index in [1.165, 1.54) is 17.0 Å². The molecule has 0 amide bonds. The predicted molar refractivity (Wildman–Crippen MR) is 80.8 cm³/mol. The van der Waals surface area contributed by atoms with Crippen LogP contribution in [0.5, 0.6) is 0 Å². The Morgan fingerprint density at radius 1 is 1.00 bits per heavy atom. The van der Waals surface area contributed by atoms with Gasteiger partial charge in [0, 0.05) is 15.8 Å². The molecule has 0 aliphatic rings. The molecule has 0 N–H and O–H groups in total. The largest absolute Gasteiger partial charge is 0.237 e.